The highest BCUT2D eigenvalue weighted by Crippen LogP contribution is 2.25. The molecule has 3 aromatic carbocycles. The van der Waals surface area contributed by atoms with Gasteiger partial charge in [-0.1, -0.05) is 84.7 Å². The third-order valence-corrected chi connectivity index (χ3v) is 6.43. The molecule has 0 radical (unpaired) electrons. The minimum absolute atomic E-state index is 0.0768. The average Bonchev–Trinajstić information content (AvgIpc) is 2.87. The fourth-order valence-electron chi connectivity index (χ4n) is 3.86. The van der Waals surface area contributed by atoms with Gasteiger partial charge in [-0.3, -0.25) is 19.7 Å². The number of halogens is 2. The summed E-state index contributed by atoms with van der Waals surface area (Å²) in [4.78, 5) is 39.5. The molecule has 0 aromatic heterocycles. The van der Waals surface area contributed by atoms with Crippen molar-refractivity contribution in [2.24, 2.45) is 0 Å². The maximum Gasteiger partial charge on any atom is 0.273 e. The predicted octanol–water partition coefficient (Wildman–Crippen LogP) is 5.61. The van der Waals surface area contributed by atoms with Crippen molar-refractivity contribution in [3.63, 3.8) is 0 Å². The topological polar surface area (TPSA) is 92.6 Å². The van der Waals surface area contributed by atoms with Crippen LogP contribution in [-0.2, 0) is 29.0 Å². The average molecular weight is 528 g/mol. The van der Waals surface area contributed by atoms with Crippen molar-refractivity contribution in [3.05, 3.63) is 110 Å². The summed E-state index contributed by atoms with van der Waals surface area (Å²) in [5.74, 6) is -0.709. The molecule has 7 nitrogen and oxygen atoms in total. The molecule has 9 heteroatoms. The van der Waals surface area contributed by atoms with E-state index in [0.29, 0.717) is 22.2 Å². The molecular formula is C27H27Cl2N3O4. The van der Waals surface area contributed by atoms with Gasteiger partial charge in [0, 0.05) is 31.1 Å². The second kappa shape index (κ2) is 13.0. The van der Waals surface area contributed by atoms with Gasteiger partial charge in [0.2, 0.25) is 11.8 Å². The van der Waals surface area contributed by atoms with E-state index in [1.807, 2.05) is 37.3 Å². The van der Waals surface area contributed by atoms with E-state index < -0.39 is 16.9 Å². The van der Waals surface area contributed by atoms with Crippen LogP contribution in [-0.4, -0.2) is 34.2 Å². The third-order valence-electron chi connectivity index (χ3n) is 5.69. The molecule has 2 amide bonds. The van der Waals surface area contributed by atoms with Gasteiger partial charge in [0.25, 0.3) is 5.69 Å². The number of nitro benzene ring substituents is 1. The van der Waals surface area contributed by atoms with Gasteiger partial charge in [-0.05, 0) is 29.7 Å². The number of carbonyl (C=O) groups is 2. The molecule has 0 aliphatic heterocycles. The van der Waals surface area contributed by atoms with E-state index in [4.69, 9.17) is 23.2 Å². The van der Waals surface area contributed by atoms with Crippen LogP contribution in [0.3, 0.4) is 0 Å². The summed E-state index contributed by atoms with van der Waals surface area (Å²) >= 11 is 12.3. The number of benzene rings is 3. The third kappa shape index (κ3) is 7.29. The summed E-state index contributed by atoms with van der Waals surface area (Å²) in [6.45, 7) is 2.48. The van der Waals surface area contributed by atoms with Crippen LogP contribution in [0.5, 0.6) is 0 Å². The highest BCUT2D eigenvalue weighted by Gasteiger charge is 2.31. The number of rotatable bonds is 11. The zero-order valence-corrected chi connectivity index (χ0v) is 21.3. The summed E-state index contributed by atoms with van der Waals surface area (Å²) in [5, 5.41) is 15.1. The molecule has 1 N–H and O–H groups in total. The van der Waals surface area contributed by atoms with E-state index in [0.717, 1.165) is 12.0 Å². The van der Waals surface area contributed by atoms with Crippen molar-refractivity contribution < 1.29 is 14.5 Å². The second-order valence-electron chi connectivity index (χ2n) is 8.33. The van der Waals surface area contributed by atoms with Crippen molar-refractivity contribution >= 4 is 40.7 Å². The Morgan fingerprint density at radius 2 is 1.67 bits per heavy atom. The van der Waals surface area contributed by atoms with E-state index in [1.54, 1.807) is 36.4 Å². The molecule has 1 atom stereocenters. The number of carbonyl (C=O) groups excluding carboxylic acids is 2. The molecule has 0 saturated heterocycles. The number of nitro groups is 1. The molecule has 0 heterocycles. The Morgan fingerprint density at radius 3 is 2.33 bits per heavy atom. The van der Waals surface area contributed by atoms with Crippen LogP contribution >= 0.6 is 23.2 Å². The number of amides is 2. The fourth-order valence-corrected chi connectivity index (χ4v) is 4.18. The standard InChI is InChI=1S/C27H27Cl2N3O4/c1-2-14-30-27(34)25(16-19-8-4-3-5-9-19)31(18-20-12-13-22(28)23(29)15-20)26(33)17-21-10-6-7-11-24(21)32(35)36/h3-13,15,25H,2,14,16-18H2,1H3,(H,30,34)/t25-/m1/s1. The van der Waals surface area contributed by atoms with E-state index in [2.05, 4.69) is 5.32 Å². The summed E-state index contributed by atoms with van der Waals surface area (Å²) in [6.07, 6.45) is 0.784. The predicted molar refractivity (Wildman–Crippen MR) is 141 cm³/mol. The largest absolute Gasteiger partial charge is 0.354 e. The lowest BCUT2D eigenvalue weighted by Crippen LogP contribution is -2.51. The number of hydrogen-bond acceptors (Lipinski definition) is 4. The Morgan fingerprint density at radius 1 is 0.972 bits per heavy atom. The van der Waals surface area contributed by atoms with E-state index in [-0.39, 0.29) is 36.5 Å². The molecule has 0 saturated carbocycles. The first kappa shape index (κ1) is 27.2. The number of nitrogens with zero attached hydrogens (tertiary/aromatic N) is 2. The smallest absolute Gasteiger partial charge is 0.273 e. The van der Waals surface area contributed by atoms with Gasteiger partial charge in [-0.15, -0.1) is 0 Å². The molecule has 0 bridgehead atoms. The molecule has 3 rings (SSSR count). The van der Waals surface area contributed by atoms with E-state index in [1.165, 1.54) is 11.0 Å². The van der Waals surface area contributed by atoms with Gasteiger partial charge in [-0.25, -0.2) is 0 Å². The Labute approximate surface area is 220 Å². The summed E-state index contributed by atoms with van der Waals surface area (Å²) in [7, 11) is 0. The zero-order valence-electron chi connectivity index (χ0n) is 19.8. The van der Waals surface area contributed by atoms with Crippen LogP contribution in [0.4, 0.5) is 5.69 Å². The van der Waals surface area contributed by atoms with Crippen LogP contribution in [0.1, 0.15) is 30.0 Å². The SMILES string of the molecule is CCCNC(=O)[C@@H](Cc1ccccc1)N(Cc1ccc(Cl)c(Cl)c1)C(=O)Cc1ccccc1[N+](=O)[O-]. The first-order valence-corrected chi connectivity index (χ1v) is 12.3. The highest BCUT2D eigenvalue weighted by molar-refractivity contribution is 6.42. The van der Waals surface area contributed by atoms with Gasteiger partial charge in [-0.2, -0.15) is 0 Å². The van der Waals surface area contributed by atoms with E-state index in [9.17, 15) is 19.7 Å². The summed E-state index contributed by atoms with van der Waals surface area (Å²) in [6, 6.07) is 19.7. The van der Waals surface area contributed by atoms with Crippen molar-refractivity contribution in [1.82, 2.24) is 10.2 Å². The minimum Gasteiger partial charge on any atom is -0.354 e. The van der Waals surface area contributed by atoms with Crippen molar-refractivity contribution in [1.29, 1.82) is 0 Å². The van der Waals surface area contributed by atoms with Crippen LogP contribution in [0, 0.1) is 10.1 Å². The first-order chi connectivity index (χ1) is 17.3. The maximum atomic E-state index is 13.7. The minimum atomic E-state index is -0.844. The normalized spacial score (nSPS) is 11.5. The molecule has 3 aromatic rings. The molecule has 0 aliphatic carbocycles. The van der Waals surface area contributed by atoms with Gasteiger partial charge >= 0.3 is 0 Å². The van der Waals surface area contributed by atoms with Gasteiger partial charge < -0.3 is 10.2 Å². The molecular weight excluding hydrogens is 501 g/mol. The van der Waals surface area contributed by atoms with Crippen LogP contribution in [0.15, 0.2) is 72.8 Å². The van der Waals surface area contributed by atoms with Crippen LogP contribution in [0.2, 0.25) is 10.0 Å². The fraction of sp³-hybridized carbons (Fsp3) is 0.259. The molecule has 0 unspecified atom stereocenters. The van der Waals surface area contributed by atoms with Gasteiger partial charge in [0.15, 0.2) is 0 Å². The zero-order chi connectivity index (χ0) is 26.1. The Kier molecular flexibility index (Phi) is 9.85. The number of para-hydroxylation sites is 1. The second-order valence-corrected chi connectivity index (χ2v) is 9.14. The van der Waals surface area contributed by atoms with E-state index >= 15 is 0 Å². The lowest BCUT2D eigenvalue weighted by Gasteiger charge is -2.31. The monoisotopic (exact) mass is 527 g/mol. The molecule has 0 aliphatic rings. The molecule has 0 spiro atoms. The highest BCUT2D eigenvalue weighted by atomic mass is 35.5. The Bertz CT molecular complexity index is 1220. The summed E-state index contributed by atoms with van der Waals surface area (Å²) < 4.78 is 0. The van der Waals surface area contributed by atoms with Crippen molar-refractivity contribution in [2.45, 2.75) is 38.8 Å². The van der Waals surface area contributed by atoms with Crippen LogP contribution in [0.25, 0.3) is 0 Å². The molecule has 188 valence electrons. The first-order valence-electron chi connectivity index (χ1n) is 11.6. The lowest BCUT2D eigenvalue weighted by atomic mass is 10.0. The number of nitrogens with one attached hydrogen (secondary N) is 1. The Hall–Kier alpha value is -3.42. The maximum absolute atomic E-state index is 13.7. The van der Waals surface area contributed by atoms with Gasteiger partial charge in [0.05, 0.1) is 21.4 Å². The Balaban J connectivity index is 2.01. The van der Waals surface area contributed by atoms with Crippen LogP contribution < -0.4 is 5.32 Å². The molecule has 0 fully saturated rings. The lowest BCUT2D eigenvalue weighted by molar-refractivity contribution is -0.385. The van der Waals surface area contributed by atoms with Crippen molar-refractivity contribution in [2.75, 3.05) is 6.54 Å². The van der Waals surface area contributed by atoms with Gasteiger partial charge in [0.1, 0.15) is 6.04 Å². The molecule has 36 heavy (non-hydrogen) atoms. The number of hydrogen-bond donors (Lipinski definition) is 1. The van der Waals surface area contributed by atoms with Crippen molar-refractivity contribution in [3.8, 4) is 0 Å². The summed E-state index contributed by atoms with van der Waals surface area (Å²) in [5.41, 5.74) is 1.70. The quantitative estimate of drug-likeness (QED) is 0.259.